The third kappa shape index (κ3) is 4.53. The summed E-state index contributed by atoms with van der Waals surface area (Å²) in [4.78, 5) is 14.9. The minimum atomic E-state index is 0.147. The molecule has 1 atom stereocenters. The minimum absolute atomic E-state index is 0.147. The number of ketones is 1. The summed E-state index contributed by atoms with van der Waals surface area (Å²) in [6.45, 7) is 2.83. The van der Waals surface area contributed by atoms with E-state index < -0.39 is 0 Å². The lowest BCUT2D eigenvalue weighted by Gasteiger charge is -2.33. The molecule has 1 saturated heterocycles. The van der Waals surface area contributed by atoms with E-state index in [1.807, 2.05) is 36.4 Å². The third-order valence-electron chi connectivity index (χ3n) is 4.85. The van der Waals surface area contributed by atoms with Crippen molar-refractivity contribution in [2.75, 3.05) is 19.6 Å². The summed E-state index contributed by atoms with van der Waals surface area (Å²) in [5.41, 5.74) is 8.45. The zero-order valence-corrected chi connectivity index (χ0v) is 14.1. The third-order valence-corrected chi connectivity index (χ3v) is 4.85. The van der Waals surface area contributed by atoms with Crippen LogP contribution in [0, 0.1) is 5.92 Å². The number of benzene rings is 2. The van der Waals surface area contributed by atoms with Gasteiger partial charge >= 0.3 is 0 Å². The number of Topliss-reactive ketones (excluding diaryl/α,β-unsaturated/α-hetero) is 1. The van der Waals surface area contributed by atoms with Crippen molar-refractivity contribution >= 4 is 5.78 Å². The number of likely N-dealkylation sites (tertiary alicyclic amines) is 1. The topological polar surface area (TPSA) is 46.3 Å². The molecule has 0 unspecified atom stereocenters. The Labute approximate surface area is 144 Å². The number of nitrogens with zero attached hydrogens (tertiary/aromatic N) is 1. The van der Waals surface area contributed by atoms with Crippen LogP contribution in [0.25, 0.3) is 0 Å². The standard InChI is InChI=1S/C21H26N2O/c22-20(15-17-7-3-1-4-8-17)16-23-13-11-19(12-14-23)21(24)18-9-5-2-6-10-18/h1-10,19-20H,11-16,22H2/t20-/m1/s1. The number of hydrogen-bond donors (Lipinski definition) is 1. The van der Waals surface area contributed by atoms with Crippen molar-refractivity contribution in [2.24, 2.45) is 11.7 Å². The molecule has 3 rings (SSSR count). The van der Waals surface area contributed by atoms with E-state index in [0.29, 0.717) is 5.78 Å². The van der Waals surface area contributed by atoms with Crippen molar-refractivity contribution in [3.8, 4) is 0 Å². The first kappa shape index (κ1) is 16.9. The van der Waals surface area contributed by atoms with Gasteiger partial charge in [0, 0.05) is 24.1 Å². The van der Waals surface area contributed by atoms with E-state index in [9.17, 15) is 4.79 Å². The number of nitrogens with two attached hydrogens (primary N) is 1. The van der Waals surface area contributed by atoms with Gasteiger partial charge in [-0.05, 0) is 37.9 Å². The van der Waals surface area contributed by atoms with E-state index in [4.69, 9.17) is 5.73 Å². The van der Waals surface area contributed by atoms with Crippen molar-refractivity contribution in [1.29, 1.82) is 0 Å². The molecule has 0 radical (unpaired) electrons. The van der Waals surface area contributed by atoms with Crippen molar-refractivity contribution < 1.29 is 4.79 Å². The average Bonchev–Trinajstić information content (AvgIpc) is 2.63. The lowest BCUT2D eigenvalue weighted by Crippen LogP contribution is -2.43. The van der Waals surface area contributed by atoms with E-state index >= 15 is 0 Å². The van der Waals surface area contributed by atoms with Gasteiger partial charge in [0.25, 0.3) is 0 Å². The Hall–Kier alpha value is -1.97. The van der Waals surface area contributed by atoms with Crippen LogP contribution in [0.2, 0.25) is 0 Å². The molecule has 1 aliphatic heterocycles. The normalized spacial score (nSPS) is 17.5. The molecule has 0 bridgehead atoms. The van der Waals surface area contributed by atoms with Crippen LogP contribution in [0.1, 0.15) is 28.8 Å². The van der Waals surface area contributed by atoms with Crippen LogP contribution in [-0.2, 0) is 6.42 Å². The molecule has 1 fully saturated rings. The molecule has 0 saturated carbocycles. The monoisotopic (exact) mass is 322 g/mol. The quantitative estimate of drug-likeness (QED) is 0.831. The Kier molecular flexibility index (Phi) is 5.78. The molecule has 0 aliphatic carbocycles. The first-order valence-corrected chi connectivity index (χ1v) is 8.83. The molecular weight excluding hydrogens is 296 g/mol. The van der Waals surface area contributed by atoms with Gasteiger partial charge in [0.1, 0.15) is 0 Å². The van der Waals surface area contributed by atoms with Crippen LogP contribution < -0.4 is 5.73 Å². The predicted octanol–water partition coefficient (Wildman–Crippen LogP) is 3.15. The molecule has 0 amide bonds. The van der Waals surface area contributed by atoms with E-state index in [-0.39, 0.29) is 12.0 Å². The van der Waals surface area contributed by atoms with Crippen molar-refractivity contribution in [1.82, 2.24) is 4.90 Å². The van der Waals surface area contributed by atoms with E-state index in [2.05, 4.69) is 29.2 Å². The Morgan fingerprint density at radius 1 is 1.00 bits per heavy atom. The minimum Gasteiger partial charge on any atom is -0.326 e. The zero-order chi connectivity index (χ0) is 16.8. The van der Waals surface area contributed by atoms with Gasteiger partial charge in [0.05, 0.1) is 0 Å². The maximum Gasteiger partial charge on any atom is 0.166 e. The molecule has 126 valence electrons. The molecule has 0 aromatic heterocycles. The molecular formula is C21H26N2O. The second-order valence-corrected chi connectivity index (χ2v) is 6.75. The van der Waals surface area contributed by atoms with Crippen LogP contribution in [0.15, 0.2) is 60.7 Å². The first-order chi connectivity index (χ1) is 11.7. The highest BCUT2D eigenvalue weighted by molar-refractivity contribution is 5.97. The fraction of sp³-hybridized carbons (Fsp3) is 0.381. The average molecular weight is 322 g/mol. The van der Waals surface area contributed by atoms with Crippen LogP contribution in [0.4, 0.5) is 0 Å². The van der Waals surface area contributed by atoms with Crippen molar-refractivity contribution in [3.05, 3.63) is 71.8 Å². The summed E-state index contributed by atoms with van der Waals surface area (Å²) in [7, 11) is 0. The molecule has 0 spiro atoms. The van der Waals surface area contributed by atoms with Gasteiger partial charge in [-0.15, -0.1) is 0 Å². The van der Waals surface area contributed by atoms with Gasteiger partial charge in [0.2, 0.25) is 0 Å². The number of carbonyl (C=O) groups is 1. The second-order valence-electron chi connectivity index (χ2n) is 6.75. The van der Waals surface area contributed by atoms with Crippen LogP contribution in [0.5, 0.6) is 0 Å². The molecule has 3 heteroatoms. The van der Waals surface area contributed by atoms with Gasteiger partial charge in [-0.25, -0.2) is 0 Å². The van der Waals surface area contributed by atoms with Crippen LogP contribution in [-0.4, -0.2) is 36.4 Å². The fourth-order valence-electron chi connectivity index (χ4n) is 3.53. The highest BCUT2D eigenvalue weighted by atomic mass is 16.1. The molecule has 2 aromatic rings. The van der Waals surface area contributed by atoms with Crippen LogP contribution in [0.3, 0.4) is 0 Å². The Bertz CT molecular complexity index is 633. The number of carbonyl (C=O) groups excluding carboxylic acids is 1. The number of hydrogen-bond acceptors (Lipinski definition) is 3. The molecule has 1 aliphatic rings. The van der Waals surface area contributed by atoms with Crippen molar-refractivity contribution in [3.63, 3.8) is 0 Å². The summed E-state index contributed by atoms with van der Waals surface area (Å²) in [6, 6.07) is 20.2. The van der Waals surface area contributed by atoms with Gasteiger partial charge < -0.3 is 10.6 Å². The van der Waals surface area contributed by atoms with E-state index in [1.54, 1.807) is 0 Å². The van der Waals surface area contributed by atoms with Crippen LogP contribution >= 0.6 is 0 Å². The largest absolute Gasteiger partial charge is 0.326 e. The smallest absolute Gasteiger partial charge is 0.166 e. The SMILES string of the molecule is N[C@H](Cc1ccccc1)CN1CCC(C(=O)c2ccccc2)CC1. The maximum atomic E-state index is 12.5. The van der Waals surface area contributed by atoms with Gasteiger partial charge in [-0.2, -0.15) is 0 Å². The van der Waals surface area contributed by atoms with Gasteiger partial charge in [-0.1, -0.05) is 60.7 Å². The highest BCUT2D eigenvalue weighted by Crippen LogP contribution is 2.22. The Morgan fingerprint density at radius 2 is 1.58 bits per heavy atom. The maximum absolute atomic E-state index is 12.5. The molecule has 2 N–H and O–H groups in total. The van der Waals surface area contributed by atoms with Gasteiger partial charge in [-0.3, -0.25) is 4.79 Å². The number of piperidine rings is 1. The zero-order valence-electron chi connectivity index (χ0n) is 14.1. The first-order valence-electron chi connectivity index (χ1n) is 8.83. The van der Waals surface area contributed by atoms with Gasteiger partial charge in [0.15, 0.2) is 5.78 Å². The summed E-state index contributed by atoms with van der Waals surface area (Å²) in [5.74, 6) is 0.456. The van der Waals surface area contributed by atoms with Crippen molar-refractivity contribution in [2.45, 2.75) is 25.3 Å². The Balaban J connectivity index is 1.46. The lowest BCUT2D eigenvalue weighted by atomic mass is 9.88. The summed E-state index contributed by atoms with van der Waals surface area (Å²) in [6.07, 6.45) is 2.78. The molecule has 2 aromatic carbocycles. The summed E-state index contributed by atoms with van der Waals surface area (Å²) < 4.78 is 0. The number of rotatable bonds is 6. The molecule has 1 heterocycles. The summed E-state index contributed by atoms with van der Waals surface area (Å²) in [5, 5.41) is 0. The van der Waals surface area contributed by atoms with E-state index in [0.717, 1.165) is 44.5 Å². The fourth-order valence-corrected chi connectivity index (χ4v) is 3.53. The molecule has 24 heavy (non-hydrogen) atoms. The second kappa shape index (κ2) is 8.22. The summed E-state index contributed by atoms with van der Waals surface area (Å²) >= 11 is 0. The highest BCUT2D eigenvalue weighted by Gasteiger charge is 2.26. The Morgan fingerprint density at radius 3 is 2.21 bits per heavy atom. The predicted molar refractivity (Wildman–Crippen MR) is 98.1 cm³/mol. The lowest BCUT2D eigenvalue weighted by molar-refractivity contribution is 0.0836. The molecule has 3 nitrogen and oxygen atoms in total. The van der Waals surface area contributed by atoms with E-state index in [1.165, 1.54) is 5.56 Å².